The van der Waals surface area contributed by atoms with Crippen molar-refractivity contribution in [3.63, 3.8) is 0 Å². The maximum absolute atomic E-state index is 11.7. The van der Waals surface area contributed by atoms with Crippen LogP contribution in [-0.4, -0.2) is 45.0 Å². The molecule has 25 heavy (non-hydrogen) atoms. The fourth-order valence-corrected chi connectivity index (χ4v) is 3.40. The molecule has 2 rings (SSSR count). The molecular formula is C17H26BNO6. The fraction of sp³-hybridized carbons (Fsp3) is 0.588. The van der Waals surface area contributed by atoms with Gasteiger partial charge < -0.3 is 29.7 Å². The first-order valence-electron chi connectivity index (χ1n) is 8.34. The van der Waals surface area contributed by atoms with E-state index in [1.165, 1.54) is 0 Å². The number of hydrogen-bond donors (Lipinski definition) is 2. The minimum absolute atomic E-state index is 0.00999. The van der Waals surface area contributed by atoms with Crippen molar-refractivity contribution in [1.29, 1.82) is 0 Å². The number of rotatable bonds is 8. The van der Waals surface area contributed by atoms with Crippen LogP contribution in [0.1, 0.15) is 31.8 Å². The molecule has 2 unspecified atom stereocenters. The number of carboxylic acids is 1. The van der Waals surface area contributed by atoms with E-state index < -0.39 is 25.0 Å². The van der Waals surface area contributed by atoms with E-state index in [0.717, 1.165) is 5.56 Å². The Bertz CT molecular complexity index is 597. The Hall–Kier alpha value is -1.77. The normalized spacial score (nSPS) is 23.1. The van der Waals surface area contributed by atoms with Gasteiger partial charge in [0, 0.05) is 17.4 Å². The predicted octanol–water partition coefficient (Wildman–Crippen LogP) is 2.11. The van der Waals surface area contributed by atoms with Crippen molar-refractivity contribution in [1.82, 2.24) is 0 Å². The third kappa shape index (κ3) is 4.26. The molecule has 0 aromatic heterocycles. The van der Waals surface area contributed by atoms with Crippen molar-refractivity contribution < 1.29 is 28.8 Å². The minimum atomic E-state index is -0.994. The number of hydrogen-bond acceptors (Lipinski definition) is 6. The van der Waals surface area contributed by atoms with Crippen molar-refractivity contribution in [2.45, 2.75) is 38.2 Å². The molecule has 0 spiro atoms. The molecular weight excluding hydrogens is 325 g/mol. The van der Waals surface area contributed by atoms with Crippen LogP contribution in [0.3, 0.4) is 0 Å². The van der Waals surface area contributed by atoms with Gasteiger partial charge in [-0.15, -0.1) is 0 Å². The van der Waals surface area contributed by atoms with Crippen LogP contribution in [0.5, 0.6) is 11.5 Å². The van der Waals surface area contributed by atoms with Crippen LogP contribution in [0.4, 0.5) is 0 Å². The van der Waals surface area contributed by atoms with Crippen molar-refractivity contribution in [2.24, 2.45) is 11.7 Å². The Morgan fingerprint density at radius 3 is 2.60 bits per heavy atom. The van der Waals surface area contributed by atoms with Crippen LogP contribution in [-0.2, 0) is 14.2 Å². The van der Waals surface area contributed by atoms with Gasteiger partial charge in [0.15, 0.2) is 6.10 Å². The number of nitrogens with two attached hydrogens (primary N) is 1. The second-order valence-corrected chi connectivity index (χ2v) is 6.51. The average molecular weight is 351 g/mol. The van der Waals surface area contributed by atoms with Gasteiger partial charge in [-0.2, -0.15) is 0 Å². The lowest BCUT2D eigenvalue weighted by molar-refractivity contribution is -0.150. The number of carboxylic acid groups (broad SMARTS) is 1. The first-order chi connectivity index (χ1) is 11.9. The lowest BCUT2D eigenvalue weighted by Crippen LogP contribution is -2.34. The summed E-state index contributed by atoms with van der Waals surface area (Å²) in [5.74, 6) is 0.215. The maximum Gasteiger partial charge on any atom is 0.335 e. The van der Waals surface area contributed by atoms with Gasteiger partial charge >= 0.3 is 12.9 Å². The molecule has 138 valence electrons. The van der Waals surface area contributed by atoms with E-state index in [9.17, 15) is 9.90 Å². The SMILES string of the molecule is COc1ccc(C2O[C@@H](C(=O)O)C(CC(C)C)B2OCN)c(OC)c1. The molecule has 7 nitrogen and oxygen atoms in total. The maximum atomic E-state index is 11.7. The summed E-state index contributed by atoms with van der Waals surface area (Å²) in [4.78, 5) is 11.7. The number of carbonyl (C=O) groups is 1. The van der Waals surface area contributed by atoms with Gasteiger partial charge in [0.1, 0.15) is 11.5 Å². The van der Waals surface area contributed by atoms with Gasteiger partial charge in [0.05, 0.1) is 27.0 Å². The molecule has 3 N–H and O–H groups in total. The molecule has 0 radical (unpaired) electrons. The molecule has 1 heterocycles. The van der Waals surface area contributed by atoms with Gasteiger partial charge in [-0.3, -0.25) is 0 Å². The number of methoxy groups -OCH3 is 2. The first-order valence-corrected chi connectivity index (χ1v) is 8.34. The molecule has 1 aromatic carbocycles. The second-order valence-electron chi connectivity index (χ2n) is 6.51. The Morgan fingerprint density at radius 2 is 2.08 bits per heavy atom. The molecule has 3 atom stereocenters. The zero-order chi connectivity index (χ0) is 18.6. The Morgan fingerprint density at radius 1 is 1.36 bits per heavy atom. The Kier molecular flexibility index (Phi) is 6.69. The molecule has 1 aliphatic heterocycles. The molecule has 1 saturated heterocycles. The zero-order valence-corrected chi connectivity index (χ0v) is 15.1. The van der Waals surface area contributed by atoms with Gasteiger partial charge in [0.25, 0.3) is 0 Å². The lowest BCUT2D eigenvalue weighted by atomic mass is 9.49. The monoisotopic (exact) mass is 351 g/mol. The fourth-order valence-electron chi connectivity index (χ4n) is 3.40. The van der Waals surface area contributed by atoms with E-state index in [2.05, 4.69) is 0 Å². The van der Waals surface area contributed by atoms with Crippen LogP contribution < -0.4 is 15.2 Å². The van der Waals surface area contributed by atoms with Gasteiger partial charge in [-0.1, -0.05) is 13.8 Å². The van der Waals surface area contributed by atoms with Crippen LogP contribution >= 0.6 is 0 Å². The number of aliphatic carboxylic acids is 1. The minimum Gasteiger partial charge on any atom is -0.497 e. The molecule has 0 aliphatic carbocycles. The van der Waals surface area contributed by atoms with E-state index >= 15 is 0 Å². The van der Waals surface area contributed by atoms with Crippen molar-refractivity contribution in [3.8, 4) is 11.5 Å². The molecule has 0 saturated carbocycles. The summed E-state index contributed by atoms with van der Waals surface area (Å²) < 4.78 is 22.3. The first kappa shape index (κ1) is 19.6. The highest BCUT2D eigenvalue weighted by atomic mass is 16.6. The third-order valence-corrected chi connectivity index (χ3v) is 4.43. The van der Waals surface area contributed by atoms with Gasteiger partial charge in [-0.05, 0) is 24.5 Å². The predicted molar refractivity (Wildman–Crippen MR) is 93.9 cm³/mol. The smallest absolute Gasteiger partial charge is 0.335 e. The zero-order valence-electron chi connectivity index (χ0n) is 15.1. The van der Waals surface area contributed by atoms with E-state index in [0.29, 0.717) is 23.8 Å². The summed E-state index contributed by atoms with van der Waals surface area (Å²) >= 11 is 0. The van der Waals surface area contributed by atoms with Crippen LogP contribution in [0.25, 0.3) is 0 Å². The largest absolute Gasteiger partial charge is 0.497 e. The summed E-state index contributed by atoms with van der Waals surface area (Å²) in [7, 11) is 3.12. The summed E-state index contributed by atoms with van der Waals surface area (Å²) in [5.41, 5.74) is 6.32. The average Bonchev–Trinajstić information content (AvgIpc) is 2.92. The van der Waals surface area contributed by atoms with Crippen molar-refractivity contribution in [2.75, 3.05) is 21.0 Å². The van der Waals surface area contributed by atoms with Crippen LogP contribution in [0, 0.1) is 5.92 Å². The molecule has 1 aliphatic rings. The van der Waals surface area contributed by atoms with Crippen LogP contribution in [0.2, 0.25) is 5.82 Å². The highest BCUT2D eigenvalue weighted by Crippen LogP contribution is 2.46. The van der Waals surface area contributed by atoms with E-state index in [-0.39, 0.29) is 12.5 Å². The Balaban J connectivity index is 2.42. The highest BCUT2D eigenvalue weighted by Gasteiger charge is 2.53. The molecule has 0 bridgehead atoms. The highest BCUT2D eigenvalue weighted by molar-refractivity contribution is 6.56. The topological polar surface area (TPSA) is 100 Å². The molecule has 8 heteroatoms. The summed E-state index contributed by atoms with van der Waals surface area (Å²) in [6, 6.07) is 4.76. The van der Waals surface area contributed by atoms with Crippen molar-refractivity contribution >= 4 is 12.9 Å². The second kappa shape index (κ2) is 8.55. The van der Waals surface area contributed by atoms with E-state index in [4.69, 9.17) is 24.6 Å². The lowest BCUT2D eigenvalue weighted by Gasteiger charge is -2.22. The summed E-state index contributed by atoms with van der Waals surface area (Å²) in [5, 5.41) is 9.59. The molecule has 1 aromatic rings. The van der Waals surface area contributed by atoms with Crippen molar-refractivity contribution in [3.05, 3.63) is 23.8 Å². The molecule has 0 amide bonds. The Labute approximate surface area is 148 Å². The number of ether oxygens (including phenoxy) is 3. The quantitative estimate of drug-likeness (QED) is 0.546. The third-order valence-electron chi connectivity index (χ3n) is 4.43. The van der Waals surface area contributed by atoms with E-state index in [1.54, 1.807) is 26.4 Å². The summed E-state index contributed by atoms with van der Waals surface area (Å²) in [6.07, 6.45) is -0.285. The van der Waals surface area contributed by atoms with Gasteiger partial charge in [0.2, 0.25) is 0 Å². The standard InChI is InChI=1S/C17H26BNO6/c1-10(2)7-13-15(17(20)21)25-16(18(13)24-9-19)12-6-5-11(22-3)8-14(12)23-4/h5-6,8,10,13,15-16H,7,9,19H2,1-4H3,(H,20,21)/t13?,15-,16?/m1/s1. The van der Waals surface area contributed by atoms with Gasteiger partial charge in [-0.25, -0.2) is 4.79 Å². The van der Waals surface area contributed by atoms with Crippen LogP contribution in [0.15, 0.2) is 18.2 Å². The summed E-state index contributed by atoms with van der Waals surface area (Å²) in [6.45, 7) is 3.61. The molecule has 1 fully saturated rings. The number of benzene rings is 1. The van der Waals surface area contributed by atoms with E-state index in [1.807, 2.05) is 19.9 Å².